The predicted octanol–water partition coefficient (Wildman–Crippen LogP) is 8.32. The average molecular weight is 424 g/mol. The largest absolute Gasteiger partial charge is 0.507 e. The van der Waals surface area contributed by atoms with Crippen molar-refractivity contribution in [2.75, 3.05) is 0 Å². The molecule has 0 atom stereocenters. The molecule has 0 amide bonds. The summed E-state index contributed by atoms with van der Waals surface area (Å²) in [6.07, 6.45) is 0.735. The van der Waals surface area contributed by atoms with E-state index in [1.165, 1.54) is 5.56 Å². The molecule has 1 N–H and O–H groups in total. The van der Waals surface area contributed by atoms with E-state index < -0.39 is 0 Å². The second kappa shape index (κ2) is 7.87. The number of aromatic hydroxyl groups is 1. The van der Waals surface area contributed by atoms with Gasteiger partial charge in [0.1, 0.15) is 5.75 Å². The quantitative estimate of drug-likeness (QED) is 0.518. The minimum Gasteiger partial charge on any atom is -0.507 e. The van der Waals surface area contributed by atoms with Crippen LogP contribution in [0.5, 0.6) is 11.5 Å². The van der Waals surface area contributed by atoms with Crippen molar-refractivity contribution in [3.8, 4) is 11.5 Å². The second-order valence-electron chi connectivity index (χ2n) is 13.2. The number of rotatable bonds is 2. The zero-order valence-corrected chi connectivity index (χ0v) is 21.9. The summed E-state index contributed by atoms with van der Waals surface area (Å²) in [4.78, 5) is 0. The molecule has 2 aromatic carbocycles. The molecule has 0 aliphatic carbocycles. The van der Waals surface area contributed by atoms with E-state index in [1.54, 1.807) is 0 Å². The van der Waals surface area contributed by atoms with Crippen LogP contribution < -0.4 is 0 Å². The van der Waals surface area contributed by atoms with Crippen LogP contribution >= 0.6 is 0 Å². The summed E-state index contributed by atoms with van der Waals surface area (Å²) < 4.78 is 0. The molecule has 0 fully saturated rings. The number of hydrogen-bond acceptors (Lipinski definition) is 1. The van der Waals surface area contributed by atoms with Gasteiger partial charge in [0.2, 0.25) is 0 Å². The highest BCUT2D eigenvalue weighted by Crippen LogP contribution is 2.42. The zero-order valence-electron chi connectivity index (χ0n) is 21.9. The van der Waals surface area contributed by atoms with E-state index in [4.69, 9.17) is 0 Å². The van der Waals surface area contributed by atoms with Gasteiger partial charge in [-0.3, -0.25) is 5.11 Å². The lowest BCUT2D eigenvalue weighted by atomic mass is 9.76. The van der Waals surface area contributed by atoms with Crippen molar-refractivity contribution in [2.45, 2.75) is 111 Å². The molecular weight excluding hydrogens is 380 g/mol. The van der Waals surface area contributed by atoms with Gasteiger partial charge in [-0.1, -0.05) is 107 Å². The fourth-order valence-corrected chi connectivity index (χ4v) is 4.08. The predicted molar refractivity (Wildman–Crippen MR) is 132 cm³/mol. The maximum Gasteiger partial charge on any atom is 0.186 e. The Morgan fingerprint density at radius 1 is 0.548 bits per heavy atom. The third-order valence-electron chi connectivity index (χ3n) is 5.96. The van der Waals surface area contributed by atoms with Gasteiger partial charge in [-0.25, -0.2) is 0 Å². The standard InChI is InChI=1S/C29H43O2/c1-26(2,3)20-14-18(15-21(24(20)30)27(4,5)6)13-19-16-22(28(7,8)9)25(31)23(17-19)29(10,11)12/h14-17,30H,13H2,1-12H3. The summed E-state index contributed by atoms with van der Waals surface area (Å²) in [6.45, 7) is 25.5. The van der Waals surface area contributed by atoms with Crippen LogP contribution in [0.4, 0.5) is 0 Å². The summed E-state index contributed by atoms with van der Waals surface area (Å²) >= 11 is 0. The van der Waals surface area contributed by atoms with Gasteiger partial charge in [0.25, 0.3) is 0 Å². The number of phenolic OH excluding ortho intramolecular Hbond substituents is 1. The Labute approximate surface area is 190 Å². The summed E-state index contributed by atoms with van der Waals surface area (Å²) in [5, 5.41) is 24.3. The Hall–Kier alpha value is -1.96. The van der Waals surface area contributed by atoms with Gasteiger partial charge in [0.15, 0.2) is 5.75 Å². The van der Waals surface area contributed by atoms with Crippen molar-refractivity contribution in [1.82, 2.24) is 0 Å². The highest BCUT2D eigenvalue weighted by Gasteiger charge is 2.29. The highest BCUT2D eigenvalue weighted by molar-refractivity contribution is 5.53. The molecule has 0 heterocycles. The molecule has 0 saturated heterocycles. The molecule has 0 saturated carbocycles. The molecule has 1 radical (unpaired) electrons. The molecule has 0 unspecified atom stereocenters. The molecule has 171 valence electrons. The maximum absolute atomic E-state index is 13.2. The Kier molecular flexibility index (Phi) is 6.42. The highest BCUT2D eigenvalue weighted by atomic mass is 16.3. The van der Waals surface area contributed by atoms with Gasteiger partial charge in [-0.2, -0.15) is 0 Å². The third-order valence-corrected chi connectivity index (χ3v) is 5.96. The Bertz CT molecular complexity index is 803. The van der Waals surface area contributed by atoms with E-state index in [-0.39, 0.29) is 27.4 Å². The van der Waals surface area contributed by atoms with Gasteiger partial charge in [-0.05, 0) is 50.3 Å². The van der Waals surface area contributed by atoms with Gasteiger partial charge in [0.05, 0.1) is 0 Å². The minimum absolute atomic E-state index is 0.161. The van der Waals surface area contributed by atoms with Crippen LogP contribution in [-0.4, -0.2) is 5.11 Å². The molecule has 0 bridgehead atoms. The van der Waals surface area contributed by atoms with Gasteiger partial charge in [0, 0.05) is 11.1 Å². The average Bonchev–Trinajstić information content (AvgIpc) is 2.53. The zero-order chi connectivity index (χ0) is 24.2. The molecule has 31 heavy (non-hydrogen) atoms. The van der Waals surface area contributed by atoms with Crippen molar-refractivity contribution in [1.29, 1.82) is 0 Å². The smallest absolute Gasteiger partial charge is 0.186 e. The third kappa shape index (κ3) is 5.64. The van der Waals surface area contributed by atoms with Crippen LogP contribution in [0.1, 0.15) is 116 Å². The second-order valence-corrected chi connectivity index (χ2v) is 13.2. The fourth-order valence-electron chi connectivity index (χ4n) is 4.08. The summed E-state index contributed by atoms with van der Waals surface area (Å²) in [5.41, 5.74) is 5.28. The molecule has 2 aromatic rings. The maximum atomic E-state index is 13.2. The first-order chi connectivity index (χ1) is 13.7. The topological polar surface area (TPSA) is 40.1 Å². The molecule has 0 spiro atoms. The summed E-state index contributed by atoms with van der Waals surface area (Å²) in [5.74, 6) is 0.574. The molecule has 2 nitrogen and oxygen atoms in total. The molecule has 0 aliphatic rings. The van der Waals surface area contributed by atoms with Crippen LogP contribution in [-0.2, 0) is 33.2 Å². The van der Waals surface area contributed by atoms with E-state index in [1.807, 2.05) is 0 Å². The Morgan fingerprint density at radius 2 is 0.806 bits per heavy atom. The van der Waals surface area contributed by atoms with Crippen molar-refractivity contribution < 1.29 is 10.2 Å². The number of benzene rings is 2. The molecule has 2 heteroatoms. The van der Waals surface area contributed by atoms with Crippen molar-refractivity contribution in [3.05, 3.63) is 57.6 Å². The van der Waals surface area contributed by atoms with Crippen LogP contribution in [0.15, 0.2) is 24.3 Å². The van der Waals surface area contributed by atoms with Gasteiger partial charge >= 0.3 is 0 Å². The van der Waals surface area contributed by atoms with Gasteiger partial charge in [-0.15, -0.1) is 0 Å². The van der Waals surface area contributed by atoms with E-state index >= 15 is 0 Å². The van der Waals surface area contributed by atoms with Crippen molar-refractivity contribution >= 4 is 0 Å². The molecule has 2 rings (SSSR count). The SMILES string of the molecule is CC(C)(C)c1cc(Cc2cc(C(C)(C)C)c(O)c(C(C)(C)C)c2)cc(C(C)(C)C)c1[O]. The van der Waals surface area contributed by atoms with Crippen LogP contribution in [0.25, 0.3) is 0 Å². The van der Waals surface area contributed by atoms with E-state index in [2.05, 4.69) is 107 Å². The summed E-state index contributed by atoms with van der Waals surface area (Å²) in [7, 11) is 0. The van der Waals surface area contributed by atoms with Crippen LogP contribution in [0.3, 0.4) is 0 Å². The first-order valence-electron chi connectivity index (χ1n) is 11.4. The Morgan fingerprint density at radius 3 is 1.06 bits per heavy atom. The number of phenols is 1. The van der Waals surface area contributed by atoms with E-state index in [9.17, 15) is 10.2 Å². The first-order valence-corrected chi connectivity index (χ1v) is 11.4. The minimum atomic E-state index is -0.213. The van der Waals surface area contributed by atoms with Crippen molar-refractivity contribution in [2.24, 2.45) is 0 Å². The lowest BCUT2D eigenvalue weighted by Gasteiger charge is -2.29. The Balaban J connectivity index is 2.73. The monoisotopic (exact) mass is 423 g/mol. The fraction of sp³-hybridized carbons (Fsp3) is 0.586. The molecule has 0 aliphatic heterocycles. The molecular formula is C29H43O2. The van der Waals surface area contributed by atoms with Gasteiger partial charge < -0.3 is 5.11 Å². The van der Waals surface area contributed by atoms with Crippen molar-refractivity contribution in [3.63, 3.8) is 0 Å². The van der Waals surface area contributed by atoms with E-state index in [0.717, 1.165) is 34.2 Å². The first kappa shape index (κ1) is 25.3. The lowest BCUT2D eigenvalue weighted by Crippen LogP contribution is -2.19. The summed E-state index contributed by atoms with van der Waals surface area (Å²) in [6, 6.07) is 8.47. The molecule has 0 aromatic heterocycles. The lowest BCUT2D eigenvalue weighted by molar-refractivity contribution is 0.327. The number of hydrogen-bond donors (Lipinski definition) is 1. The normalized spacial score (nSPS) is 13.5. The van der Waals surface area contributed by atoms with E-state index in [0.29, 0.717) is 5.75 Å². The van der Waals surface area contributed by atoms with Crippen LogP contribution in [0, 0.1) is 0 Å². The van der Waals surface area contributed by atoms with Crippen LogP contribution in [0.2, 0.25) is 0 Å².